The molecule has 0 spiro atoms. The summed E-state index contributed by atoms with van der Waals surface area (Å²) in [4.78, 5) is 21.5. The van der Waals surface area contributed by atoms with Crippen molar-refractivity contribution >= 4 is 11.9 Å². The quantitative estimate of drug-likeness (QED) is 0.680. The van der Waals surface area contributed by atoms with E-state index in [0.717, 1.165) is 19.3 Å². The Hall–Kier alpha value is -1.06. The van der Waals surface area contributed by atoms with Gasteiger partial charge in [0.15, 0.2) is 0 Å². The lowest BCUT2D eigenvalue weighted by Crippen LogP contribution is -2.36. The molecule has 4 heteroatoms. The number of hydrogen-bond acceptors (Lipinski definition) is 2. The molecule has 0 heterocycles. The van der Waals surface area contributed by atoms with Crippen LogP contribution in [0, 0.1) is 5.92 Å². The van der Waals surface area contributed by atoms with E-state index in [2.05, 4.69) is 19.2 Å². The molecular formula is C11H21NO3. The van der Waals surface area contributed by atoms with Crippen molar-refractivity contribution < 1.29 is 14.7 Å². The van der Waals surface area contributed by atoms with Crippen LogP contribution in [-0.4, -0.2) is 23.0 Å². The lowest BCUT2D eigenvalue weighted by Gasteiger charge is -2.19. The fourth-order valence-electron chi connectivity index (χ4n) is 1.79. The molecule has 0 aromatic heterocycles. The van der Waals surface area contributed by atoms with Crippen molar-refractivity contribution in [2.45, 2.75) is 52.5 Å². The molecule has 15 heavy (non-hydrogen) atoms. The lowest BCUT2D eigenvalue weighted by molar-refractivity contribution is -0.137. The second-order valence-corrected chi connectivity index (χ2v) is 4.12. The van der Waals surface area contributed by atoms with Crippen LogP contribution in [-0.2, 0) is 9.59 Å². The first-order chi connectivity index (χ1) is 6.95. The third-order valence-electron chi connectivity index (χ3n) is 2.30. The van der Waals surface area contributed by atoms with Crippen molar-refractivity contribution in [2.24, 2.45) is 5.92 Å². The number of carbonyl (C=O) groups is 2. The van der Waals surface area contributed by atoms with Crippen LogP contribution in [0.25, 0.3) is 0 Å². The highest BCUT2D eigenvalue weighted by molar-refractivity contribution is 5.74. The SMILES string of the molecule is CCC[C@H](C)C[C@H](CC(=O)O)NC(C)=O. The van der Waals surface area contributed by atoms with Gasteiger partial charge in [-0.3, -0.25) is 9.59 Å². The third-order valence-corrected chi connectivity index (χ3v) is 2.30. The summed E-state index contributed by atoms with van der Waals surface area (Å²) in [6.07, 6.45) is 2.89. The number of aliphatic carboxylic acids is 1. The zero-order valence-corrected chi connectivity index (χ0v) is 9.75. The van der Waals surface area contributed by atoms with Gasteiger partial charge in [-0.25, -0.2) is 0 Å². The van der Waals surface area contributed by atoms with E-state index in [-0.39, 0.29) is 18.4 Å². The summed E-state index contributed by atoms with van der Waals surface area (Å²) in [5.74, 6) is -0.575. The van der Waals surface area contributed by atoms with Crippen LogP contribution in [0.3, 0.4) is 0 Å². The summed E-state index contributed by atoms with van der Waals surface area (Å²) in [6.45, 7) is 5.60. The molecule has 0 bridgehead atoms. The number of nitrogens with one attached hydrogen (secondary N) is 1. The van der Waals surface area contributed by atoms with E-state index < -0.39 is 5.97 Å². The first-order valence-electron chi connectivity index (χ1n) is 5.44. The van der Waals surface area contributed by atoms with Gasteiger partial charge in [0.25, 0.3) is 0 Å². The normalized spacial score (nSPS) is 14.3. The minimum Gasteiger partial charge on any atom is -0.481 e. The van der Waals surface area contributed by atoms with Gasteiger partial charge in [0.1, 0.15) is 0 Å². The number of amides is 1. The summed E-state index contributed by atoms with van der Waals surface area (Å²) in [6, 6.07) is -0.235. The van der Waals surface area contributed by atoms with Crippen LogP contribution in [0.2, 0.25) is 0 Å². The third kappa shape index (κ3) is 7.97. The highest BCUT2D eigenvalue weighted by Crippen LogP contribution is 2.14. The molecule has 2 N–H and O–H groups in total. The predicted molar refractivity (Wildman–Crippen MR) is 58.5 cm³/mol. The van der Waals surface area contributed by atoms with Crippen LogP contribution in [0.1, 0.15) is 46.5 Å². The molecule has 0 saturated carbocycles. The summed E-state index contributed by atoms with van der Waals surface area (Å²) in [5, 5.41) is 11.4. The van der Waals surface area contributed by atoms with E-state index in [4.69, 9.17) is 5.11 Å². The standard InChI is InChI=1S/C11H21NO3/c1-4-5-8(2)6-10(7-11(14)15)12-9(3)13/h8,10H,4-7H2,1-3H3,(H,12,13)(H,14,15)/t8-,10+/m0/s1. The maximum absolute atomic E-state index is 10.9. The van der Waals surface area contributed by atoms with Gasteiger partial charge in [-0.05, 0) is 12.3 Å². The number of carboxylic acid groups (broad SMARTS) is 1. The fraction of sp³-hybridized carbons (Fsp3) is 0.818. The second kappa shape index (κ2) is 7.26. The van der Waals surface area contributed by atoms with Gasteiger partial charge in [-0.2, -0.15) is 0 Å². The van der Waals surface area contributed by atoms with Crippen molar-refractivity contribution in [1.29, 1.82) is 0 Å². The van der Waals surface area contributed by atoms with Gasteiger partial charge in [0, 0.05) is 13.0 Å². The van der Waals surface area contributed by atoms with Crippen molar-refractivity contribution in [3.05, 3.63) is 0 Å². The van der Waals surface area contributed by atoms with E-state index >= 15 is 0 Å². The van der Waals surface area contributed by atoms with Crippen molar-refractivity contribution in [2.75, 3.05) is 0 Å². The molecule has 0 aromatic carbocycles. The predicted octanol–water partition coefficient (Wildman–Crippen LogP) is 1.79. The van der Waals surface area contributed by atoms with E-state index in [1.807, 2.05) is 0 Å². The van der Waals surface area contributed by atoms with E-state index in [1.54, 1.807) is 0 Å². The number of hydrogen-bond donors (Lipinski definition) is 2. The fourth-order valence-corrected chi connectivity index (χ4v) is 1.79. The first kappa shape index (κ1) is 13.9. The summed E-state index contributed by atoms with van der Waals surface area (Å²) in [5.41, 5.74) is 0. The number of carbonyl (C=O) groups excluding carboxylic acids is 1. The topological polar surface area (TPSA) is 66.4 Å². The average Bonchev–Trinajstić information content (AvgIpc) is 2.00. The maximum Gasteiger partial charge on any atom is 0.305 e. The Labute approximate surface area is 91.1 Å². The van der Waals surface area contributed by atoms with Crippen molar-refractivity contribution in [3.63, 3.8) is 0 Å². The molecule has 2 atom stereocenters. The smallest absolute Gasteiger partial charge is 0.305 e. The molecule has 0 fully saturated rings. The Balaban J connectivity index is 4.10. The molecule has 0 saturated heterocycles. The Morgan fingerprint density at radius 1 is 1.40 bits per heavy atom. The Kier molecular flexibility index (Phi) is 6.75. The second-order valence-electron chi connectivity index (χ2n) is 4.12. The highest BCUT2D eigenvalue weighted by atomic mass is 16.4. The van der Waals surface area contributed by atoms with Gasteiger partial charge < -0.3 is 10.4 Å². The van der Waals surface area contributed by atoms with Gasteiger partial charge >= 0.3 is 5.97 Å². The molecule has 0 rings (SSSR count). The van der Waals surface area contributed by atoms with Gasteiger partial charge in [-0.1, -0.05) is 26.7 Å². The molecule has 0 aromatic rings. The van der Waals surface area contributed by atoms with Gasteiger partial charge in [-0.15, -0.1) is 0 Å². The molecule has 88 valence electrons. The summed E-state index contributed by atoms with van der Waals surface area (Å²) in [7, 11) is 0. The minimum absolute atomic E-state index is 0.00757. The van der Waals surface area contributed by atoms with Crippen molar-refractivity contribution in [1.82, 2.24) is 5.32 Å². The molecule has 0 aliphatic carbocycles. The Morgan fingerprint density at radius 3 is 2.40 bits per heavy atom. The Morgan fingerprint density at radius 2 is 2.00 bits per heavy atom. The molecular weight excluding hydrogens is 194 g/mol. The molecule has 4 nitrogen and oxygen atoms in total. The van der Waals surface area contributed by atoms with E-state index in [0.29, 0.717) is 5.92 Å². The molecule has 1 amide bonds. The average molecular weight is 215 g/mol. The molecule has 0 radical (unpaired) electrons. The van der Waals surface area contributed by atoms with Crippen LogP contribution in [0.5, 0.6) is 0 Å². The van der Waals surface area contributed by atoms with Crippen LogP contribution < -0.4 is 5.32 Å². The zero-order chi connectivity index (χ0) is 11.8. The van der Waals surface area contributed by atoms with Crippen LogP contribution in [0.15, 0.2) is 0 Å². The number of rotatable bonds is 7. The first-order valence-corrected chi connectivity index (χ1v) is 5.44. The number of carboxylic acids is 1. The van der Waals surface area contributed by atoms with Gasteiger partial charge in [0.05, 0.1) is 6.42 Å². The summed E-state index contributed by atoms with van der Waals surface area (Å²) >= 11 is 0. The monoisotopic (exact) mass is 215 g/mol. The van der Waals surface area contributed by atoms with Crippen LogP contribution >= 0.6 is 0 Å². The minimum atomic E-state index is -0.863. The van der Waals surface area contributed by atoms with Crippen molar-refractivity contribution in [3.8, 4) is 0 Å². The molecule has 0 aliphatic heterocycles. The Bertz CT molecular complexity index is 200. The van der Waals surface area contributed by atoms with E-state index in [1.165, 1.54) is 6.92 Å². The highest BCUT2D eigenvalue weighted by Gasteiger charge is 2.16. The largest absolute Gasteiger partial charge is 0.481 e. The summed E-state index contributed by atoms with van der Waals surface area (Å²) < 4.78 is 0. The molecule has 0 unspecified atom stereocenters. The van der Waals surface area contributed by atoms with Gasteiger partial charge in [0.2, 0.25) is 5.91 Å². The zero-order valence-electron chi connectivity index (χ0n) is 9.75. The van der Waals surface area contributed by atoms with Crippen LogP contribution in [0.4, 0.5) is 0 Å². The lowest BCUT2D eigenvalue weighted by atomic mass is 9.95. The van der Waals surface area contributed by atoms with E-state index in [9.17, 15) is 9.59 Å². The molecule has 0 aliphatic rings. The maximum atomic E-state index is 10.9.